The van der Waals surface area contributed by atoms with Crippen LogP contribution in [0.3, 0.4) is 0 Å². The molecule has 1 amide bonds. The molecular formula is C18H26N4O4. The van der Waals surface area contributed by atoms with Gasteiger partial charge in [0.2, 0.25) is 0 Å². The molecule has 1 N–H and O–H groups in total. The lowest BCUT2D eigenvalue weighted by molar-refractivity contribution is 0.0683. The number of methoxy groups -OCH3 is 1. The monoisotopic (exact) mass is 362 g/mol. The largest absolute Gasteiger partial charge is 0.383 e. The van der Waals surface area contributed by atoms with Gasteiger partial charge in [0.25, 0.3) is 5.91 Å². The summed E-state index contributed by atoms with van der Waals surface area (Å²) in [6.45, 7) is 4.40. The van der Waals surface area contributed by atoms with E-state index in [1.807, 2.05) is 19.0 Å². The quantitative estimate of drug-likeness (QED) is 0.685. The predicted octanol–water partition coefficient (Wildman–Crippen LogP) is 0.360. The standard InChI is InChI=1S/C18H26N4O4/c1-5-22-15-7-6-13(12-14(15)19-16(23)18(22)25)17(24)21(10-11-26-4)9-8-20(2)3/h6-7,12H,5,8-11H2,1-4H3,(H,19,23). The highest BCUT2D eigenvalue weighted by molar-refractivity contribution is 5.97. The molecule has 0 spiro atoms. The first-order chi connectivity index (χ1) is 12.4. The lowest BCUT2D eigenvalue weighted by atomic mass is 10.1. The number of amides is 1. The smallest absolute Gasteiger partial charge is 0.316 e. The van der Waals surface area contributed by atoms with Crippen molar-refractivity contribution in [1.82, 2.24) is 19.4 Å². The van der Waals surface area contributed by atoms with E-state index >= 15 is 0 Å². The highest BCUT2D eigenvalue weighted by Crippen LogP contribution is 2.14. The van der Waals surface area contributed by atoms with Crippen LogP contribution < -0.4 is 11.1 Å². The van der Waals surface area contributed by atoms with Gasteiger partial charge in [-0.15, -0.1) is 0 Å². The summed E-state index contributed by atoms with van der Waals surface area (Å²) in [5.41, 5.74) is 0.260. The summed E-state index contributed by atoms with van der Waals surface area (Å²) < 4.78 is 6.50. The molecule has 1 aromatic carbocycles. The molecule has 8 heteroatoms. The highest BCUT2D eigenvalue weighted by Gasteiger charge is 2.17. The zero-order valence-corrected chi connectivity index (χ0v) is 15.7. The van der Waals surface area contributed by atoms with Gasteiger partial charge in [0.05, 0.1) is 17.6 Å². The summed E-state index contributed by atoms with van der Waals surface area (Å²) in [4.78, 5) is 43.0. The third kappa shape index (κ3) is 4.39. The molecule has 0 atom stereocenters. The van der Waals surface area contributed by atoms with Gasteiger partial charge in [0.15, 0.2) is 0 Å². The zero-order valence-electron chi connectivity index (χ0n) is 15.7. The number of aryl methyl sites for hydroxylation is 1. The molecule has 1 heterocycles. The minimum atomic E-state index is -0.687. The summed E-state index contributed by atoms with van der Waals surface area (Å²) in [7, 11) is 5.49. The molecule has 8 nitrogen and oxygen atoms in total. The number of likely N-dealkylation sites (N-methyl/N-ethyl adjacent to an activating group) is 1. The molecule has 26 heavy (non-hydrogen) atoms. The lowest BCUT2D eigenvalue weighted by Gasteiger charge is -2.24. The number of hydrogen-bond acceptors (Lipinski definition) is 5. The van der Waals surface area contributed by atoms with Crippen LogP contribution in [0.1, 0.15) is 17.3 Å². The first-order valence-corrected chi connectivity index (χ1v) is 8.58. The number of carbonyl (C=O) groups is 1. The number of benzene rings is 1. The zero-order chi connectivity index (χ0) is 19.3. The van der Waals surface area contributed by atoms with Crippen LogP contribution in [0, 0.1) is 0 Å². The number of carbonyl (C=O) groups excluding carboxylic acids is 1. The van der Waals surface area contributed by atoms with Gasteiger partial charge in [0.1, 0.15) is 0 Å². The SMILES string of the molecule is CCn1c(=O)c(=O)[nH]c2cc(C(=O)N(CCOC)CCN(C)C)ccc21. The Balaban J connectivity index is 2.40. The van der Waals surface area contributed by atoms with Gasteiger partial charge in [-0.05, 0) is 39.2 Å². The minimum Gasteiger partial charge on any atom is -0.383 e. The molecule has 0 aliphatic rings. The first-order valence-electron chi connectivity index (χ1n) is 8.58. The summed E-state index contributed by atoms with van der Waals surface area (Å²) in [5.74, 6) is -0.138. The average molecular weight is 362 g/mol. The summed E-state index contributed by atoms with van der Waals surface area (Å²) in [6.07, 6.45) is 0. The van der Waals surface area contributed by atoms with Gasteiger partial charge >= 0.3 is 11.1 Å². The van der Waals surface area contributed by atoms with E-state index in [1.54, 1.807) is 37.1 Å². The van der Waals surface area contributed by atoms with Crippen molar-refractivity contribution >= 4 is 16.9 Å². The molecule has 0 aliphatic carbocycles. The van der Waals surface area contributed by atoms with Crippen LogP contribution in [0.2, 0.25) is 0 Å². The Labute approximate surface area is 152 Å². The van der Waals surface area contributed by atoms with Crippen molar-refractivity contribution in [3.8, 4) is 0 Å². The molecule has 0 bridgehead atoms. The molecule has 2 rings (SSSR count). The molecule has 1 aromatic heterocycles. The van der Waals surface area contributed by atoms with Crippen LogP contribution in [0.5, 0.6) is 0 Å². The fourth-order valence-electron chi connectivity index (χ4n) is 2.75. The van der Waals surface area contributed by atoms with Crippen molar-refractivity contribution in [3.63, 3.8) is 0 Å². The highest BCUT2D eigenvalue weighted by atomic mass is 16.5. The summed E-state index contributed by atoms with van der Waals surface area (Å²) >= 11 is 0. The number of fused-ring (bicyclic) bond motifs is 1. The van der Waals surface area contributed by atoms with Gasteiger partial charge in [-0.2, -0.15) is 0 Å². The summed E-state index contributed by atoms with van der Waals surface area (Å²) in [5, 5.41) is 0. The number of hydrogen-bond donors (Lipinski definition) is 1. The number of nitrogens with zero attached hydrogens (tertiary/aromatic N) is 3. The van der Waals surface area contributed by atoms with Crippen LogP contribution in [0.25, 0.3) is 11.0 Å². The number of aromatic nitrogens is 2. The van der Waals surface area contributed by atoms with Crippen LogP contribution in [0.15, 0.2) is 27.8 Å². The van der Waals surface area contributed by atoms with Gasteiger partial charge in [-0.25, -0.2) is 0 Å². The van der Waals surface area contributed by atoms with Crippen molar-refractivity contribution in [1.29, 1.82) is 0 Å². The summed E-state index contributed by atoms with van der Waals surface area (Å²) in [6, 6.07) is 5.01. The molecule has 2 aromatic rings. The number of ether oxygens (including phenoxy) is 1. The Morgan fingerprint density at radius 3 is 2.54 bits per heavy atom. The van der Waals surface area contributed by atoms with Gasteiger partial charge < -0.3 is 24.1 Å². The second-order valence-electron chi connectivity index (χ2n) is 6.32. The molecule has 0 saturated heterocycles. The van der Waals surface area contributed by atoms with E-state index in [0.29, 0.717) is 42.8 Å². The second-order valence-corrected chi connectivity index (χ2v) is 6.32. The van der Waals surface area contributed by atoms with E-state index in [9.17, 15) is 14.4 Å². The number of rotatable bonds is 8. The molecule has 0 fully saturated rings. The third-order valence-corrected chi connectivity index (χ3v) is 4.21. The topological polar surface area (TPSA) is 87.6 Å². The van der Waals surface area contributed by atoms with Crippen LogP contribution in [-0.4, -0.2) is 72.7 Å². The van der Waals surface area contributed by atoms with Crippen molar-refractivity contribution < 1.29 is 9.53 Å². The molecule has 0 saturated carbocycles. The Morgan fingerprint density at radius 2 is 1.92 bits per heavy atom. The van der Waals surface area contributed by atoms with Gasteiger partial charge in [0, 0.05) is 38.9 Å². The molecule has 0 radical (unpaired) electrons. The minimum absolute atomic E-state index is 0.138. The van der Waals surface area contributed by atoms with Gasteiger partial charge in [-0.1, -0.05) is 0 Å². The van der Waals surface area contributed by atoms with E-state index in [-0.39, 0.29) is 5.91 Å². The van der Waals surface area contributed by atoms with Crippen molar-refractivity contribution in [3.05, 3.63) is 44.5 Å². The Hall–Kier alpha value is -2.45. The predicted molar refractivity (Wildman–Crippen MR) is 101 cm³/mol. The van der Waals surface area contributed by atoms with E-state index < -0.39 is 11.1 Å². The Bertz CT molecular complexity index is 885. The van der Waals surface area contributed by atoms with Crippen molar-refractivity contribution in [2.75, 3.05) is 47.4 Å². The average Bonchev–Trinajstić information content (AvgIpc) is 2.62. The molecule has 0 aliphatic heterocycles. The van der Waals surface area contributed by atoms with E-state index in [1.165, 1.54) is 4.57 Å². The Kier molecular flexibility index (Phi) is 6.70. The van der Waals surface area contributed by atoms with Crippen LogP contribution in [0.4, 0.5) is 0 Å². The maximum Gasteiger partial charge on any atom is 0.316 e. The lowest BCUT2D eigenvalue weighted by Crippen LogP contribution is -2.39. The van der Waals surface area contributed by atoms with Crippen LogP contribution >= 0.6 is 0 Å². The molecule has 142 valence electrons. The Morgan fingerprint density at radius 1 is 1.19 bits per heavy atom. The fourth-order valence-corrected chi connectivity index (χ4v) is 2.75. The van der Waals surface area contributed by atoms with Crippen LogP contribution in [-0.2, 0) is 11.3 Å². The van der Waals surface area contributed by atoms with E-state index in [0.717, 1.165) is 6.54 Å². The maximum atomic E-state index is 12.9. The van der Waals surface area contributed by atoms with Crippen molar-refractivity contribution in [2.24, 2.45) is 0 Å². The van der Waals surface area contributed by atoms with E-state index in [2.05, 4.69) is 4.98 Å². The van der Waals surface area contributed by atoms with Gasteiger partial charge in [-0.3, -0.25) is 14.4 Å². The molecular weight excluding hydrogens is 336 g/mol. The van der Waals surface area contributed by atoms with E-state index in [4.69, 9.17) is 4.74 Å². The third-order valence-electron chi connectivity index (χ3n) is 4.21. The number of H-pyrrole nitrogens is 1. The second kappa shape index (κ2) is 8.77. The first kappa shape index (κ1) is 19.9. The molecule has 0 unspecified atom stereocenters. The number of aromatic amines is 1. The normalized spacial score (nSPS) is 11.3. The van der Waals surface area contributed by atoms with Crippen molar-refractivity contribution in [2.45, 2.75) is 13.5 Å². The number of nitrogens with one attached hydrogen (secondary N) is 1. The fraction of sp³-hybridized carbons (Fsp3) is 0.500. The maximum absolute atomic E-state index is 12.9.